The number of carbonyl (C=O) groups excluding carboxylic acids is 4. The molecule has 0 aliphatic carbocycles. The zero-order chi connectivity index (χ0) is 43.8. The van der Waals surface area contributed by atoms with Crippen LogP contribution >= 0.6 is 9.39 Å². The van der Waals surface area contributed by atoms with Crippen LogP contribution in [0.15, 0.2) is 0 Å². The molecule has 0 aromatic heterocycles. The molecule has 0 spiro atoms. The van der Waals surface area contributed by atoms with Crippen molar-refractivity contribution in [2.45, 2.75) is 134 Å². The molecule has 0 heterocycles. The third-order valence-electron chi connectivity index (χ3n) is 8.93. The molecule has 0 aliphatic heterocycles. The number of nitrogens with one attached hydrogen (secondary N) is 5. The van der Waals surface area contributed by atoms with E-state index in [0.29, 0.717) is 32.2 Å². The topological polar surface area (TPSA) is 277 Å². The summed E-state index contributed by atoms with van der Waals surface area (Å²) in [6.45, 7) is 1.83. The van der Waals surface area contributed by atoms with E-state index >= 15 is 0 Å². The highest BCUT2D eigenvalue weighted by Gasteiger charge is 2.21. The minimum Gasteiger partial charge on any atom is -0.481 e. The smallest absolute Gasteiger partial charge is 0.326 e. The molecule has 0 saturated heterocycles. The summed E-state index contributed by atoms with van der Waals surface area (Å²) in [5, 5.41) is 40.2. The van der Waals surface area contributed by atoms with Crippen molar-refractivity contribution < 1.29 is 67.8 Å². The van der Waals surface area contributed by atoms with Crippen LogP contribution in [0.5, 0.6) is 0 Å². The fraction of sp³-hybridized carbons (Fsp3) is 0.821. The molecule has 8 N–H and O–H groups in total. The summed E-state index contributed by atoms with van der Waals surface area (Å²) in [7, 11) is 2.19. The second-order valence-electron chi connectivity index (χ2n) is 14.1. The Morgan fingerprint density at radius 1 is 0.424 bits per heavy atom. The van der Waals surface area contributed by atoms with Gasteiger partial charge in [-0.25, -0.2) is 4.79 Å². The van der Waals surface area contributed by atoms with Crippen molar-refractivity contribution in [3.8, 4) is 0 Å². The molecule has 20 heteroatoms. The number of ether oxygens (including phenoxy) is 4. The molecule has 4 amide bonds. The first-order chi connectivity index (χ1) is 28.5. The van der Waals surface area contributed by atoms with Crippen LogP contribution < -0.4 is 26.4 Å². The van der Waals surface area contributed by atoms with E-state index in [1.165, 1.54) is 19.3 Å². The molecular weight excluding hydrogens is 793 g/mol. The summed E-state index contributed by atoms with van der Waals surface area (Å²) in [4.78, 5) is 81.2. The van der Waals surface area contributed by atoms with Crippen molar-refractivity contribution in [3.05, 3.63) is 0 Å². The molecular formula is C39H72N5O14P. The SMILES string of the molecule is O=C(O)CCCCCCCCCCCCCCC(=O)NC(CCC(=O)NCCOCCOCC(=O)NCCOCCOCC(=O)NCCCC[C@H](NP)C(=O)O)C(=O)O. The zero-order valence-electron chi connectivity index (χ0n) is 34.8. The second kappa shape index (κ2) is 40.0. The number of amides is 4. The lowest BCUT2D eigenvalue weighted by molar-refractivity contribution is -0.142. The van der Waals surface area contributed by atoms with Gasteiger partial charge in [0.05, 0.1) is 39.6 Å². The molecule has 0 aromatic rings. The Balaban J connectivity index is 3.66. The predicted molar refractivity (Wildman–Crippen MR) is 221 cm³/mol. The summed E-state index contributed by atoms with van der Waals surface area (Å²) >= 11 is 0. The highest BCUT2D eigenvalue weighted by Crippen LogP contribution is 2.13. The van der Waals surface area contributed by atoms with Crippen molar-refractivity contribution >= 4 is 50.9 Å². The monoisotopic (exact) mass is 865 g/mol. The summed E-state index contributed by atoms with van der Waals surface area (Å²) in [5.41, 5.74) is 0. The van der Waals surface area contributed by atoms with Gasteiger partial charge in [-0.05, 0) is 38.5 Å². The average molecular weight is 866 g/mol. The van der Waals surface area contributed by atoms with Gasteiger partial charge in [-0.2, -0.15) is 0 Å². The van der Waals surface area contributed by atoms with Crippen molar-refractivity contribution in [1.82, 2.24) is 26.4 Å². The first kappa shape index (κ1) is 55.5. The lowest BCUT2D eigenvalue weighted by atomic mass is 10.0. The van der Waals surface area contributed by atoms with E-state index in [-0.39, 0.29) is 115 Å². The number of unbranched alkanes of at least 4 members (excludes halogenated alkanes) is 12. The normalized spacial score (nSPS) is 12.0. The molecule has 2 unspecified atom stereocenters. The summed E-state index contributed by atoms with van der Waals surface area (Å²) < 4.78 is 21.2. The molecule has 3 atom stereocenters. The minimum absolute atomic E-state index is 0.0353. The van der Waals surface area contributed by atoms with Crippen molar-refractivity contribution in [3.63, 3.8) is 0 Å². The largest absolute Gasteiger partial charge is 0.481 e. The molecule has 0 saturated carbocycles. The maximum Gasteiger partial charge on any atom is 0.326 e. The van der Waals surface area contributed by atoms with Crippen molar-refractivity contribution in [1.29, 1.82) is 0 Å². The van der Waals surface area contributed by atoms with Crippen molar-refractivity contribution in [2.24, 2.45) is 0 Å². The lowest BCUT2D eigenvalue weighted by Gasteiger charge is -2.14. The minimum atomic E-state index is -1.19. The van der Waals surface area contributed by atoms with E-state index in [4.69, 9.17) is 29.2 Å². The Kier molecular flexibility index (Phi) is 37.6. The Morgan fingerprint density at radius 2 is 0.864 bits per heavy atom. The third-order valence-corrected chi connectivity index (χ3v) is 9.33. The number of rotatable bonds is 43. The first-order valence-electron chi connectivity index (χ1n) is 21.0. The van der Waals surface area contributed by atoms with Gasteiger partial charge in [0.25, 0.3) is 0 Å². The van der Waals surface area contributed by atoms with Gasteiger partial charge >= 0.3 is 17.9 Å². The molecule has 0 fully saturated rings. The maximum absolute atomic E-state index is 12.3. The summed E-state index contributed by atoms with van der Waals surface area (Å²) in [6, 6.07) is -1.78. The fourth-order valence-electron chi connectivity index (χ4n) is 5.59. The van der Waals surface area contributed by atoms with E-state index in [2.05, 4.69) is 35.7 Å². The van der Waals surface area contributed by atoms with E-state index in [1.54, 1.807) is 0 Å². The van der Waals surface area contributed by atoms with Crippen LogP contribution in [-0.2, 0) is 52.5 Å². The van der Waals surface area contributed by atoms with Gasteiger partial charge in [-0.3, -0.25) is 33.9 Å². The van der Waals surface area contributed by atoms with Crippen LogP contribution in [0.3, 0.4) is 0 Å². The zero-order valence-corrected chi connectivity index (χ0v) is 35.9. The number of carboxylic acid groups (broad SMARTS) is 3. The Labute approximate surface area is 351 Å². The number of aliphatic carboxylic acids is 3. The van der Waals surface area contributed by atoms with Crippen LogP contribution in [-0.4, -0.2) is 141 Å². The molecule has 0 aromatic carbocycles. The van der Waals surface area contributed by atoms with Crippen LogP contribution in [0, 0.1) is 0 Å². The molecule has 0 bridgehead atoms. The average Bonchev–Trinajstić information content (AvgIpc) is 3.19. The maximum atomic E-state index is 12.3. The molecule has 342 valence electrons. The van der Waals surface area contributed by atoms with Crippen LogP contribution in [0.25, 0.3) is 0 Å². The standard InChI is InChI=1S/C39H72N5O14P/c45-33(19-18-31(38(51)52)43-34(46)16-11-9-7-5-3-1-2-4-6-8-10-12-17-37(49)50)41-21-23-55-25-28-58-30-36(48)42-22-24-56-26-27-57-29-35(47)40-20-14-13-15-32(44-59)39(53)54/h31-32,44H,1-30,59H2,(H,40,47)(H,41,45)(H,42,48)(H,43,46)(H,49,50)(H,51,52)(H,53,54)/t31?,32-/m0/s1. The van der Waals surface area contributed by atoms with E-state index in [9.17, 15) is 38.7 Å². The molecule has 0 aliphatic rings. The lowest BCUT2D eigenvalue weighted by Crippen LogP contribution is -2.41. The Morgan fingerprint density at radius 3 is 1.34 bits per heavy atom. The van der Waals surface area contributed by atoms with Gasteiger partial charge in [0.1, 0.15) is 25.3 Å². The Hall–Kier alpha value is -3.48. The third kappa shape index (κ3) is 38.5. The second-order valence-corrected chi connectivity index (χ2v) is 14.4. The van der Waals surface area contributed by atoms with Gasteiger partial charge < -0.3 is 55.5 Å². The Bertz CT molecular complexity index is 1170. The number of carboxylic acids is 3. The predicted octanol–water partition coefficient (Wildman–Crippen LogP) is 2.30. The highest BCUT2D eigenvalue weighted by atomic mass is 31.0. The van der Waals surface area contributed by atoms with Crippen LogP contribution in [0.1, 0.15) is 122 Å². The van der Waals surface area contributed by atoms with Gasteiger partial charge in [-0.1, -0.05) is 73.6 Å². The molecule has 0 rings (SSSR count). The summed E-state index contributed by atoms with van der Waals surface area (Å²) in [5.74, 6) is -4.15. The first-order valence-corrected chi connectivity index (χ1v) is 21.6. The van der Waals surface area contributed by atoms with Gasteiger partial charge in [0, 0.05) is 38.9 Å². The molecule has 59 heavy (non-hydrogen) atoms. The molecule has 19 nitrogen and oxygen atoms in total. The number of hydrogen-bond acceptors (Lipinski definition) is 12. The fourth-order valence-corrected chi connectivity index (χ4v) is 5.90. The van der Waals surface area contributed by atoms with Gasteiger partial charge in [0.15, 0.2) is 0 Å². The van der Waals surface area contributed by atoms with E-state index in [1.807, 2.05) is 0 Å². The quantitative estimate of drug-likeness (QED) is 0.0323. The molecule has 0 radical (unpaired) electrons. The van der Waals surface area contributed by atoms with Crippen LogP contribution in [0.4, 0.5) is 0 Å². The van der Waals surface area contributed by atoms with Gasteiger partial charge in [0.2, 0.25) is 23.6 Å². The van der Waals surface area contributed by atoms with Crippen LogP contribution in [0.2, 0.25) is 0 Å². The highest BCUT2D eigenvalue weighted by molar-refractivity contribution is 7.13. The number of carbonyl (C=O) groups is 7. The van der Waals surface area contributed by atoms with E-state index < -0.39 is 30.0 Å². The number of hydrogen-bond donors (Lipinski definition) is 8. The van der Waals surface area contributed by atoms with E-state index in [0.717, 1.165) is 51.4 Å². The summed E-state index contributed by atoms with van der Waals surface area (Å²) in [6.07, 6.45) is 14.4. The van der Waals surface area contributed by atoms with Crippen molar-refractivity contribution in [2.75, 3.05) is 72.5 Å². The van der Waals surface area contributed by atoms with Gasteiger partial charge in [-0.15, -0.1) is 0 Å².